The van der Waals surface area contributed by atoms with Gasteiger partial charge in [0.1, 0.15) is 0 Å². The first-order chi connectivity index (χ1) is 7.79. The quantitative estimate of drug-likeness (QED) is 0.802. The molecule has 0 amide bonds. The van der Waals surface area contributed by atoms with Crippen LogP contribution in [0.2, 0.25) is 0 Å². The predicted molar refractivity (Wildman–Crippen MR) is 69.9 cm³/mol. The minimum atomic E-state index is -2.97. The van der Waals surface area contributed by atoms with Crippen LogP contribution in [0.3, 0.4) is 0 Å². The Labute approximate surface area is 105 Å². The first-order valence-electron chi connectivity index (χ1n) is 6.48. The van der Waals surface area contributed by atoms with Gasteiger partial charge in [-0.15, -0.1) is 0 Å². The molecule has 0 spiro atoms. The van der Waals surface area contributed by atoms with Crippen LogP contribution in [0.25, 0.3) is 0 Å². The van der Waals surface area contributed by atoms with Gasteiger partial charge in [-0.25, -0.2) is 8.42 Å². The Kier molecular flexibility index (Phi) is 3.54. The topological polar surface area (TPSA) is 49.4 Å². The summed E-state index contributed by atoms with van der Waals surface area (Å²) in [5.41, 5.74) is 0. The number of likely N-dealkylation sites (tertiary alicyclic amines) is 1. The van der Waals surface area contributed by atoms with Crippen LogP contribution in [0.15, 0.2) is 0 Å². The van der Waals surface area contributed by atoms with E-state index in [-0.39, 0.29) is 5.75 Å². The first-order valence-corrected chi connectivity index (χ1v) is 8.13. The van der Waals surface area contributed by atoms with E-state index in [9.17, 15) is 8.42 Å². The lowest BCUT2D eigenvalue weighted by Gasteiger charge is -2.22. The lowest BCUT2D eigenvalue weighted by Crippen LogP contribution is -2.37. The van der Waals surface area contributed by atoms with Crippen LogP contribution >= 0.6 is 0 Å². The van der Waals surface area contributed by atoms with Gasteiger partial charge in [-0.3, -0.25) is 0 Å². The number of fused-ring (bicyclic) bond motifs is 1. The van der Waals surface area contributed by atoms with Crippen molar-refractivity contribution in [1.29, 1.82) is 0 Å². The van der Waals surface area contributed by atoms with Gasteiger partial charge in [0, 0.05) is 25.7 Å². The summed E-state index contributed by atoms with van der Waals surface area (Å²) in [4.78, 5) is 2.30. The van der Waals surface area contributed by atoms with Gasteiger partial charge < -0.3 is 10.2 Å². The van der Waals surface area contributed by atoms with E-state index in [0.29, 0.717) is 12.6 Å². The molecule has 4 nitrogen and oxygen atoms in total. The van der Waals surface area contributed by atoms with Crippen molar-refractivity contribution in [2.45, 2.75) is 38.0 Å². The standard InChI is InChI=1S/C12H24N2O2S/c1-12(2,3)17(15,16)7-6-14-8-10-4-5-13-11(10)9-14/h10-11,13H,4-9H2,1-3H3/t10-,11+/m0/s1. The van der Waals surface area contributed by atoms with Crippen LogP contribution in [0, 0.1) is 5.92 Å². The monoisotopic (exact) mass is 260 g/mol. The average Bonchev–Trinajstić information content (AvgIpc) is 2.71. The Balaban J connectivity index is 1.84. The normalized spacial score (nSPS) is 30.8. The first kappa shape index (κ1) is 13.3. The van der Waals surface area contributed by atoms with Crippen LogP contribution in [0.4, 0.5) is 0 Å². The fourth-order valence-corrected chi connectivity index (χ4v) is 3.79. The number of nitrogens with one attached hydrogen (secondary N) is 1. The highest BCUT2D eigenvalue weighted by atomic mass is 32.2. The molecule has 2 aliphatic heterocycles. The molecule has 100 valence electrons. The van der Waals surface area contributed by atoms with Crippen molar-refractivity contribution in [3.8, 4) is 0 Å². The Hall–Kier alpha value is -0.130. The SMILES string of the molecule is CC(C)(C)S(=O)(=O)CCN1C[C@@H]2CCN[C@@H]2C1. The average molecular weight is 260 g/mol. The number of nitrogens with zero attached hydrogens (tertiary/aromatic N) is 1. The predicted octanol–water partition coefficient (Wildman–Crippen LogP) is 0.493. The third-order valence-electron chi connectivity index (χ3n) is 4.05. The molecule has 0 aromatic heterocycles. The maximum atomic E-state index is 12.0. The van der Waals surface area contributed by atoms with Crippen molar-refractivity contribution in [3.63, 3.8) is 0 Å². The summed E-state index contributed by atoms with van der Waals surface area (Å²) in [6.07, 6.45) is 1.24. The van der Waals surface area contributed by atoms with Crippen LogP contribution in [0.5, 0.6) is 0 Å². The van der Waals surface area contributed by atoms with E-state index in [1.54, 1.807) is 20.8 Å². The van der Waals surface area contributed by atoms with Gasteiger partial charge in [0.15, 0.2) is 9.84 Å². The van der Waals surface area contributed by atoms with Gasteiger partial charge in [0.05, 0.1) is 10.5 Å². The smallest absolute Gasteiger partial charge is 0.156 e. The van der Waals surface area contributed by atoms with E-state index in [4.69, 9.17) is 0 Å². The summed E-state index contributed by atoms with van der Waals surface area (Å²) in [5, 5.41) is 3.48. The summed E-state index contributed by atoms with van der Waals surface area (Å²) in [7, 11) is -2.97. The van der Waals surface area contributed by atoms with Gasteiger partial charge in [-0.05, 0) is 39.7 Å². The zero-order chi connectivity index (χ0) is 12.7. The molecule has 2 heterocycles. The van der Waals surface area contributed by atoms with E-state index >= 15 is 0 Å². The second kappa shape index (κ2) is 4.52. The molecular formula is C12H24N2O2S. The zero-order valence-electron chi connectivity index (χ0n) is 11.1. The molecular weight excluding hydrogens is 236 g/mol. The minimum Gasteiger partial charge on any atom is -0.312 e. The third kappa shape index (κ3) is 2.83. The second-order valence-corrected chi connectivity index (χ2v) is 9.16. The molecule has 2 rings (SSSR count). The molecule has 2 atom stereocenters. The van der Waals surface area contributed by atoms with Crippen molar-refractivity contribution in [1.82, 2.24) is 10.2 Å². The fraction of sp³-hybridized carbons (Fsp3) is 1.00. The summed E-state index contributed by atoms with van der Waals surface area (Å²) in [5.74, 6) is 1.03. The minimum absolute atomic E-state index is 0.288. The van der Waals surface area contributed by atoms with Gasteiger partial charge in [-0.2, -0.15) is 0 Å². The molecule has 0 bridgehead atoms. The van der Waals surface area contributed by atoms with Gasteiger partial charge in [0.2, 0.25) is 0 Å². The number of hydrogen-bond acceptors (Lipinski definition) is 4. The molecule has 2 fully saturated rings. The Morgan fingerprint density at radius 3 is 2.59 bits per heavy atom. The van der Waals surface area contributed by atoms with Crippen LogP contribution in [-0.4, -0.2) is 56.0 Å². The Morgan fingerprint density at radius 2 is 2.00 bits per heavy atom. The highest BCUT2D eigenvalue weighted by molar-refractivity contribution is 7.92. The molecule has 0 aromatic carbocycles. The third-order valence-corrected chi connectivity index (χ3v) is 6.63. The molecule has 17 heavy (non-hydrogen) atoms. The summed E-state index contributed by atoms with van der Waals surface area (Å²) in [6, 6.07) is 0.604. The molecule has 0 aliphatic carbocycles. The summed E-state index contributed by atoms with van der Waals surface area (Å²) >= 11 is 0. The molecule has 0 unspecified atom stereocenters. The van der Waals surface area contributed by atoms with Crippen molar-refractivity contribution in [2.24, 2.45) is 5.92 Å². The Bertz CT molecular complexity index is 360. The second-order valence-electron chi connectivity index (χ2n) is 6.30. The zero-order valence-corrected chi connectivity index (χ0v) is 11.9. The largest absolute Gasteiger partial charge is 0.312 e. The molecule has 0 saturated carbocycles. The fourth-order valence-electron chi connectivity index (χ4n) is 2.68. The van der Waals surface area contributed by atoms with E-state index in [1.165, 1.54) is 6.42 Å². The van der Waals surface area contributed by atoms with Gasteiger partial charge in [0.25, 0.3) is 0 Å². The van der Waals surface area contributed by atoms with Crippen molar-refractivity contribution < 1.29 is 8.42 Å². The van der Waals surface area contributed by atoms with Crippen LogP contribution in [0.1, 0.15) is 27.2 Å². The number of sulfone groups is 1. The molecule has 0 radical (unpaired) electrons. The summed E-state index contributed by atoms with van der Waals surface area (Å²) < 4.78 is 23.4. The van der Waals surface area contributed by atoms with Crippen LogP contribution < -0.4 is 5.32 Å². The number of rotatable bonds is 3. The highest BCUT2D eigenvalue weighted by Gasteiger charge is 2.37. The summed E-state index contributed by atoms with van der Waals surface area (Å²) in [6.45, 7) is 9.24. The van der Waals surface area contributed by atoms with Crippen molar-refractivity contribution in [3.05, 3.63) is 0 Å². The molecule has 5 heteroatoms. The van der Waals surface area contributed by atoms with Crippen molar-refractivity contribution >= 4 is 9.84 Å². The maximum absolute atomic E-state index is 12.0. The number of hydrogen-bond donors (Lipinski definition) is 1. The Morgan fingerprint density at radius 1 is 1.29 bits per heavy atom. The van der Waals surface area contributed by atoms with Crippen molar-refractivity contribution in [2.75, 3.05) is 31.9 Å². The highest BCUT2D eigenvalue weighted by Crippen LogP contribution is 2.25. The lowest BCUT2D eigenvalue weighted by molar-refractivity contribution is 0.331. The van der Waals surface area contributed by atoms with E-state index < -0.39 is 14.6 Å². The van der Waals surface area contributed by atoms with E-state index in [0.717, 1.165) is 25.6 Å². The molecule has 0 aromatic rings. The molecule has 2 saturated heterocycles. The molecule has 1 N–H and O–H groups in total. The van der Waals surface area contributed by atoms with Gasteiger partial charge >= 0.3 is 0 Å². The van der Waals surface area contributed by atoms with Crippen LogP contribution in [-0.2, 0) is 9.84 Å². The van der Waals surface area contributed by atoms with E-state index in [2.05, 4.69) is 10.2 Å². The lowest BCUT2D eigenvalue weighted by atomic mass is 10.1. The van der Waals surface area contributed by atoms with E-state index in [1.807, 2.05) is 0 Å². The maximum Gasteiger partial charge on any atom is 0.156 e. The molecule has 2 aliphatic rings. The van der Waals surface area contributed by atoms with Gasteiger partial charge in [-0.1, -0.05) is 0 Å².